The summed E-state index contributed by atoms with van der Waals surface area (Å²) in [5.74, 6) is 1.69. The van der Waals surface area contributed by atoms with Crippen molar-refractivity contribution in [2.75, 3.05) is 25.6 Å². The number of anilines is 1. The number of rotatable bonds is 8. The molecule has 2 aromatic carbocycles. The number of nitrogens with one attached hydrogen (secondary N) is 1. The Hall–Kier alpha value is -2.41. The predicted octanol–water partition coefficient (Wildman–Crippen LogP) is 4.79. The fourth-order valence-corrected chi connectivity index (χ4v) is 2.96. The van der Waals surface area contributed by atoms with Crippen molar-refractivity contribution in [3.05, 3.63) is 63.9 Å². The molecular formula is C20H20Cl2N4O2. The fraction of sp³-hybridized carbons (Fsp3) is 0.250. The Bertz CT molecular complexity index is 939. The molecular weight excluding hydrogens is 399 g/mol. The summed E-state index contributed by atoms with van der Waals surface area (Å²) < 4.78 is 10.7. The topological polar surface area (TPSA) is 69.2 Å². The summed E-state index contributed by atoms with van der Waals surface area (Å²) >= 11 is 12.8. The molecule has 146 valence electrons. The second-order valence-corrected chi connectivity index (χ2v) is 6.79. The molecule has 0 aliphatic rings. The number of halogens is 2. The monoisotopic (exact) mass is 418 g/mol. The lowest BCUT2D eigenvalue weighted by Gasteiger charge is -2.14. The quantitative estimate of drug-likeness (QED) is 0.530. The minimum absolute atomic E-state index is 0.364. The van der Waals surface area contributed by atoms with E-state index >= 15 is 0 Å². The van der Waals surface area contributed by atoms with Crippen molar-refractivity contribution < 1.29 is 9.47 Å². The van der Waals surface area contributed by atoms with Crippen LogP contribution in [-0.2, 0) is 11.3 Å². The van der Waals surface area contributed by atoms with Crippen molar-refractivity contribution in [1.29, 1.82) is 0 Å². The van der Waals surface area contributed by atoms with Crippen LogP contribution >= 0.6 is 23.2 Å². The number of aryl methyl sites for hydroxylation is 1. The number of benzene rings is 2. The molecule has 0 spiro atoms. The second-order valence-electron chi connectivity index (χ2n) is 6.00. The third kappa shape index (κ3) is 5.10. The van der Waals surface area contributed by atoms with Gasteiger partial charge < -0.3 is 14.8 Å². The lowest BCUT2D eigenvalue weighted by Crippen LogP contribution is -2.08. The smallest absolute Gasteiger partial charge is 0.157 e. The minimum Gasteiger partial charge on any atom is -0.491 e. The molecule has 1 heterocycles. The van der Waals surface area contributed by atoms with E-state index in [0.717, 1.165) is 5.56 Å². The standard InChI is InChI=1S/C20H20Cl2N4O2/c1-13-24-20(23-12-14-6-4-3-5-7-14)19(26-25-13)16-10-15(28-9-8-27-2)11-17(21)18(16)22/h3-7,10-11H,8-9,12H2,1-2H3,(H,23,24,25). The van der Waals surface area contributed by atoms with Gasteiger partial charge in [0.15, 0.2) is 5.82 Å². The van der Waals surface area contributed by atoms with Gasteiger partial charge in [0.05, 0.1) is 16.7 Å². The summed E-state index contributed by atoms with van der Waals surface area (Å²) in [5, 5.41) is 12.4. The Morgan fingerprint density at radius 1 is 1.04 bits per heavy atom. The predicted molar refractivity (Wildman–Crippen MR) is 111 cm³/mol. The summed E-state index contributed by atoms with van der Waals surface area (Å²) in [5.41, 5.74) is 2.22. The molecule has 28 heavy (non-hydrogen) atoms. The first kappa shape index (κ1) is 20.3. The van der Waals surface area contributed by atoms with Gasteiger partial charge in [0, 0.05) is 25.3 Å². The number of hydrogen-bond acceptors (Lipinski definition) is 6. The van der Waals surface area contributed by atoms with Gasteiger partial charge in [0.2, 0.25) is 0 Å². The van der Waals surface area contributed by atoms with Crippen molar-refractivity contribution in [1.82, 2.24) is 15.2 Å². The number of ether oxygens (including phenoxy) is 2. The number of hydrogen-bond donors (Lipinski definition) is 1. The van der Waals surface area contributed by atoms with Crippen molar-refractivity contribution in [2.24, 2.45) is 0 Å². The number of methoxy groups -OCH3 is 1. The molecule has 0 amide bonds. The van der Waals surface area contributed by atoms with Gasteiger partial charge in [-0.3, -0.25) is 0 Å². The summed E-state index contributed by atoms with van der Waals surface area (Å²) in [4.78, 5) is 4.49. The van der Waals surface area contributed by atoms with Crippen LogP contribution in [0.3, 0.4) is 0 Å². The zero-order valence-corrected chi connectivity index (χ0v) is 17.1. The molecule has 0 fully saturated rings. The highest BCUT2D eigenvalue weighted by Crippen LogP contribution is 2.38. The molecule has 0 aliphatic heterocycles. The fourth-order valence-electron chi connectivity index (χ4n) is 2.56. The largest absolute Gasteiger partial charge is 0.491 e. The van der Waals surface area contributed by atoms with Gasteiger partial charge in [-0.05, 0) is 18.6 Å². The van der Waals surface area contributed by atoms with Crippen molar-refractivity contribution >= 4 is 29.0 Å². The van der Waals surface area contributed by atoms with E-state index in [0.29, 0.717) is 58.5 Å². The summed E-state index contributed by atoms with van der Waals surface area (Å²) in [6, 6.07) is 13.4. The highest BCUT2D eigenvalue weighted by Gasteiger charge is 2.17. The van der Waals surface area contributed by atoms with Gasteiger partial charge >= 0.3 is 0 Å². The van der Waals surface area contributed by atoms with Gasteiger partial charge in [0.1, 0.15) is 23.9 Å². The first-order valence-corrected chi connectivity index (χ1v) is 9.44. The van der Waals surface area contributed by atoms with Crippen molar-refractivity contribution in [3.63, 3.8) is 0 Å². The number of aromatic nitrogens is 3. The van der Waals surface area contributed by atoms with Crippen LogP contribution in [0, 0.1) is 6.92 Å². The zero-order chi connectivity index (χ0) is 19.9. The summed E-state index contributed by atoms with van der Waals surface area (Å²) in [6.45, 7) is 3.22. The van der Waals surface area contributed by atoms with Crippen LogP contribution < -0.4 is 10.1 Å². The lowest BCUT2D eigenvalue weighted by molar-refractivity contribution is 0.146. The molecule has 0 unspecified atom stereocenters. The van der Waals surface area contributed by atoms with Gasteiger partial charge in [-0.15, -0.1) is 10.2 Å². The molecule has 0 saturated carbocycles. The second kappa shape index (κ2) is 9.68. The van der Waals surface area contributed by atoms with Crippen LogP contribution in [0.4, 0.5) is 5.82 Å². The van der Waals surface area contributed by atoms with Gasteiger partial charge in [-0.1, -0.05) is 53.5 Å². The first-order valence-electron chi connectivity index (χ1n) is 8.68. The maximum atomic E-state index is 6.45. The van der Waals surface area contributed by atoms with Crippen molar-refractivity contribution in [3.8, 4) is 17.0 Å². The van der Waals surface area contributed by atoms with E-state index in [1.807, 2.05) is 30.3 Å². The molecule has 1 aromatic heterocycles. The molecule has 0 aliphatic carbocycles. The molecule has 0 saturated heterocycles. The normalized spacial score (nSPS) is 10.7. The molecule has 6 nitrogen and oxygen atoms in total. The van der Waals surface area contributed by atoms with Crippen LogP contribution in [0.15, 0.2) is 42.5 Å². The lowest BCUT2D eigenvalue weighted by atomic mass is 10.1. The molecule has 3 aromatic rings. The first-order chi connectivity index (χ1) is 13.6. The summed E-state index contributed by atoms with van der Waals surface area (Å²) in [6.07, 6.45) is 0. The Labute approximate surface area is 173 Å². The highest BCUT2D eigenvalue weighted by atomic mass is 35.5. The van der Waals surface area contributed by atoms with Crippen molar-refractivity contribution in [2.45, 2.75) is 13.5 Å². The van der Waals surface area contributed by atoms with Gasteiger partial charge in [-0.2, -0.15) is 0 Å². The van der Waals surface area contributed by atoms with Crippen LogP contribution in [0.5, 0.6) is 5.75 Å². The Morgan fingerprint density at radius 3 is 2.57 bits per heavy atom. The molecule has 3 rings (SSSR count). The van der Waals surface area contributed by atoms with E-state index in [1.54, 1.807) is 26.2 Å². The van der Waals surface area contributed by atoms with Crippen LogP contribution in [0.2, 0.25) is 10.0 Å². The van der Waals surface area contributed by atoms with Gasteiger partial charge in [0.25, 0.3) is 0 Å². The van der Waals surface area contributed by atoms with E-state index in [2.05, 4.69) is 20.5 Å². The average molecular weight is 419 g/mol. The van der Waals surface area contributed by atoms with Crippen LogP contribution in [0.1, 0.15) is 11.4 Å². The molecule has 0 bridgehead atoms. The molecule has 8 heteroatoms. The van der Waals surface area contributed by atoms with E-state index in [-0.39, 0.29) is 0 Å². The minimum atomic E-state index is 0.364. The third-order valence-electron chi connectivity index (χ3n) is 3.91. The third-order valence-corrected chi connectivity index (χ3v) is 4.71. The highest BCUT2D eigenvalue weighted by molar-refractivity contribution is 6.43. The maximum absolute atomic E-state index is 6.45. The Morgan fingerprint density at radius 2 is 1.82 bits per heavy atom. The van der Waals surface area contributed by atoms with Gasteiger partial charge in [-0.25, -0.2) is 4.98 Å². The van der Waals surface area contributed by atoms with E-state index < -0.39 is 0 Å². The summed E-state index contributed by atoms with van der Waals surface area (Å²) in [7, 11) is 1.61. The average Bonchev–Trinajstić information content (AvgIpc) is 2.70. The van der Waals surface area contributed by atoms with E-state index in [9.17, 15) is 0 Å². The maximum Gasteiger partial charge on any atom is 0.157 e. The van der Waals surface area contributed by atoms with Crippen LogP contribution in [0.25, 0.3) is 11.3 Å². The Balaban J connectivity index is 1.94. The van der Waals surface area contributed by atoms with E-state index in [4.69, 9.17) is 32.7 Å². The number of nitrogens with zero attached hydrogens (tertiary/aromatic N) is 3. The zero-order valence-electron chi connectivity index (χ0n) is 15.6. The molecule has 1 N–H and O–H groups in total. The molecule has 0 radical (unpaired) electrons. The Kier molecular flexibility index (Phi) is 7.03. The molecule has 0 atom stereocenters. The van der Waals surface area contributed by atoms with Crippen LogP contribution in [-0.4, -0.2) is 35.5 Å². The SMILES string of the molecule is COCCOc1cc(Cl)c(Cl)c(-c2nnc(C)nc2NCc2ccccc2)c1. The van der Waals surface area contributed by atoms with E-state index in [1.165, 1.54) is 0 Å².